The van der Waals surface area contributed by atoms with E-state index in [9.17, 15) is 19.4 Å². The zero-order valence-corrected chi connectivity index (χ0v) is 44.8. The molecule has 386 valence electrons. The molecule has 66 heavy (non-hydrogen) atoms. The van der Waals surface area contributed by atoms with E-state index in [1.54, 1.807) is 6.08 Å². The fourth-order valence-electron chi connectivity index (χ4n) is 7.82. The lowest BCUT2D eigenvalue weighted by molar-refractivity contribution is -0.870. The molecule has 9 heteroatoms. The molecule has 0 rings (SSSR count). The van der Waals surface area contributed by atoms with Crippen LogP contribution in [0.15, 0.2) is 60.8 Å². The van der Waals surface area contributed by atoms with Crippen molar-refractivity contribution in [3.63, 3.8) is 0 Å². The number of likely N-dealkylation sites (N-methyl/N-ethyl adjacent to an activating group) is 1. The number of carbonyl (C=O) groups is 1. The van der Waals surface area contributed by atoms with E-state index in [1.165, 1.54) is 173 Å². The van der Waals surface area contributed by atoms with Gasteiger partial charge in [-0.2, -0.15) is 0 Å². The van der Waals surface area contributed by atoms with Crippen molar-refractivity contribution in [2.24, 2.45) is 0 Å². The van der Waals surface area contributed by atoms with E-state index in [4.69, 9.17) is 9.05 Å². The summed E-state index contributed by atoms with van der Waals surface area (Å²) in [5, 5.41) is 13.7. The smallest absolute Gasteiger partial charge is 0.268 e. The molecule has 0 saturated carbocycles. The summed E-state index contributed by atoms with van der Waals surface area (Å²) in [5.41, 5.74) is 0. The van der Waals surface area contributed by atoms with Gasteiger partial charge in [-0.1, -0.05) is 229 Å². The lowest BCUT2D eigenvalue weighted by Crippen LogP contribution is -2.45. The van der Waals surface area contributed by atoms with Gasteiger partial charge in [-0.05, 0) is 70.6 Å². The Labute approximate surface area is 409 Å². The second-order valence-corrected chi connectivity index (χ2v) is 21.3. The normalized spacial score (nSPS) is 14.5. The SMILES string of the molecule is CCCCC/C=C/CC/C=C/C(O)C(COP(=O)([O-])OCC[N+](C)(C)C)NC(=O)CCCCCCCCCCCCCCCCCCCCCC/C=C\C/C=C\C/C=C\CCCCCCC. The van der Waals surface area contributed by atoms with Crippen LogP contribution in [0, 0.1) is 0 Å². The molecule has 0 fully saturated rings. The number of aliphatic hydroxyl groups excluding tert-OH is 1. The predicted molar refractivity (Wildman–Crippen MR) is 284 cm³/mol. The van der Waals surface area contributed by atoms with Crippen molar-refractivity contribution in [2.45, 2.75) is 257 Å². The summed E-state index contributed by atoms with van der Waals surface area (Å²) in [7, 11) is 1.24. The van der Waals surface area contributed by atoms with E-state index in [2.05, 4.69) is 67.8 Å². The number of allylic oxidation sites excluding steroid dienone is 9. The molecule has 0 aromatic carbocycles. The molecule has 2 N–H and O–H groups in total. The summed E-state index contributed by atoms with van der Waals surface area (Å²) in [6.07, 6.45) is 64.7. The zero-order valence-electron chi connectivity index (χ0n) is 43.9. The Hall–Kier alpha value is -1.80. The largest absolute Gasteiger partial charge is 0.756 e. The topological polar surface area (TPSA) is 108 Å². The number of aliphatic hydroxyl groups is 1. The van der Waals surface area contributed by atoms with Crippen LogP contribution in [-0.2, 0) is 18.4 Å². The molecule has 0 spiro atoms. The predicted octanol–water partition coefficient (Wildman–Crippen LogP) is 15.9. The molecule has 0 aliphatic rings. The van der Waals surface area contributed by atoms with Crippen molar-refractivity contribution in [2.75, 3.05) is 40.9 Å². The number of hydrogen-bond acceptors (Lipinski definition) is 6. The Morgan fingerprint density at radius 2 is 0.894 bits per heavy atom. The third-order valence-electron chi connectivity index (χ3n) is 12.2. The summed E-state index contributed by atoms with van der Waals surface area (Å²) in [5.74, 6) is -0.209. The van der Waals surface area contributed by atoms with Gasteiger partial charge in [0.05, 0.1) is 39.9 Å². The Kier molecular flexibility index (Phi) is 46.9. The molecular formula is C57H107N2O6P. The molecule has 3 atom stereocenters. The molecule has 0 aliphatic carbocycles. The number of nitrogens with one attached hydrogen (secondary N) is 1. The summed E-state index contributed by atoms with van der Waals surface area (Å²) in [4.78, 5) is 25.3. The average molecular weight is 947 g/mol. The van der Waals surface area contributed by atoms with Crippen molar-refractivity contribution in [1.29, 1.82) is 0 Å². The third-order valence-corrected chi connectivity index (χ3v) is 13.2. The maximum atomic E-state index is 12.9. The van der Waals surface area contributed by atoms with Gasteiger partial charge in [-0.15, -0.1) is 0 Å². The lowest BCUT2D eigenvalue weighted by atomic mass is 10.0. The van der Waals surface area contributed by atoms with Crippen molar-refractivity contribution >= 4 is 13.7 Å². The molecular weight excluding hydrogens is 840 g/mol. The van der Waals surface area contributed by atoms with Crippen molar-refractivity contribution < 1.29 is 32.9 Å². The second-order valence-electron chi connectivity index (χ2n) is 19.9. The molecule has 0 aromatic heterocycles. The number of phosphoric acid groups is 1. The second kappa shape index (κ2) is 48.2. The summed E-state index contributed by atoms with van der Waals surface area (Å²) < 4.78 is 23.2. The summed E-state index contributed by atoms with van der Waals surface area (Å²) in [6, 6.07) is -0.901. The Balaban J connectivity index is 3.91. The van der Waals surface area contributed by atoms with E-state index in [-0.39, 0.29) is 12.5 Å². The number of amides is 1. The van der Waals surface area contributed by atoms with Crippen LogP contribution >= 0.6 is 7.82 Å². The van der Waals surface area contributed by atoms with E-state index in [0.717, 1.165) is 51.4 Å². The van der Waals surface area contributed by atoms with E-state index >= 15 is 0 Å². The first kappa shape index (κ1) is 64.2. The summed E-state index contributed by atoms with van der Waals surface area (Å²) in [6.45, 7) is 4.56. The van der Waals surface area contributed by atoms with Gasteiger partial charge in [0.25, 0.3) is 7.82 Å². The Morgan fingerprint density at radius 3 is 1.36 bits per heavy atom. The highest BCUT2D eigenvalue weighted by Crippen LogP contribution is 2.38. The van der Waals surface area contributed by atoms with Gasteiger partial charge in [0.1, 0.15) is 13.2 Å². The van der Waals surface area contributed by atoms with Gasteiger partial charge < -0.3 is 28.8 Å². The fourth-order valence-corrected chi connectivity index (χ4v) is 8.55. The lowest BCUT2D eigenvalue weighted by Gasteiger charge is -2.29. The third kappa shape index (κ3) is 50.1. The Morgan fingerprint density at radius 1 is 0.530 bits per heavy atom. The molecule has 0 aromatic rings. The van der Waals surface area contributed by atoms with E-state index < -0.39 is 26.6 Å². The van der Waals surface area contributed by atoms with Crippen LogP contribution in [0.4, 0.5) is 0 Å². The van der Waals surface area contributed by atoms with Crippen molar-refractivity contribution in [3.05, 3.63) is 60.8 Å². The van der Waals surface area contributed by atoms with Gasteiger partial charge >= 0.3 is 0 Å². The van der Waals surface area contributed by atoms with Crippen LogP contribution in [0.1, 0.15) is 245 Å². The van der Waals surface area contributed by atoms with Gasteiger partial charge in [0.2, 0.25) is 5.91 Å². The standard InChI is InChI=1S/C57H107N2O6P/c1-6-8-10-12-14-16-17-18-19-20-21-22-23-24-25-26-27-28-29-30-31-32-33-34-35-36-37-38-39-40-41-43-45-47-49-51-57(61)58-55(54-65-66(62,63)64-53-52-59(3,4)5)56(60)50-48-46-44-42-15-13-11-9-7-2/h15,17-18,20-21,23-24,42,48,50,55-56,60H,6-14,16,19,22,25-41,43-47,49,51-54H2,1-5H3,(H-,58,61,62,63)/b18-17-,21-20-,24-23-,42-15+,50-48+. The molecule has 1 amide bonds. The maximum absolute atomic E-state index is 12.9. The first-order chi connectivity index (χ1) is 32.0. The maximum Gasteiger partial charge on any atom is 0.268 e. The molecule has 0 bridgehead atoms. The van der Waals surface area contributed by atoms with Crippen LogP contribution < -0.4 is 10.2 Å². The number of unbranched alkanes of at least 4 members (excludes halogenated alkanes) is 29. The highest BCUT2D eigenvalue weighted by Gasteiger charge is 2.23. The van der Waals surface area contributed by atoms with E-state index in [1.807, 2.05) is 27.2 Å². The van der Waals surface area contributed by atoms with Gasteiger partial charge in [0, 0.05) is 6.42 Å². The molecule has 0 radical (unpaired) electrons. The fraction of sp³-hybridized carbons (Fsp3) is 0.807. The minimum Gasteiger partial charge on any atom is -0.756 e. The molecule has 0 aliphatic heterocycles. The number of carbonyl (C=O) groups excluding carboxylic acids is 1. The average Bonchev–Trinajstić information content (AvgIpc) is 3.28. The zero-order chi connectivity index (χ0) is 48.5. The summed E-state index contributed by atoms with van der Waals surface area (Å²) >= 11 is 0. The van der Waals surface area contributed by atoms with E-state index in [0.29, 0.717) is 17.4 Å². The number of nitrogens with zero attached hydrogens (tertiary/aromatic N) is 1. The quantitative estimate of drug-likeness (QED) is 0.0272. The first-order valence-corrected chi connectivity index (χ1v) is 29.1. The van der Waals surface area contributed by atoms with Crippen LogP contribution in [-0.4, -0.2) is 68.5 Å². The monoisotopic (exact) mass is 947 g/mol. The van der Waals surface area contributed by atoms with Crippen molar-refractivity contribution in [3.8, 4) is 0 Å². The number of rotatable bonds is 50. The van der Waals surface area contributed by atoms with Crippen molar-refractivity contribution in [1.82, 2.24) is 5.32 Å². The molecule has 3 unspecified atom stereocenters. The van der Waals surface area contributed by atoms with Gasteiger partial charge in [0.15, 0.2) is 0 Å². The number of phosphoric ester groups is 1. The first-order valence-electron chi connectivity index (χ1n) is 27.7. The van der Waals surface area contributed by atoms with Crippen LogP contribution in [0.5, 0.6) is 0 Å². The molecule has 0 saturated heterocycles. The van der Waals surface area contributed by atoms with Crippen LogP contribution in [0.25, 0.3) is 0 Å². The molecule has 8 nitrogen and oxygen atoms in total. The highest BCUT2D eigenvalue weighted by atomic mass is 31.2. The minimum absolute atomic E-state index is 0.00705. The van der Waals surface area contributed by atoms with Crippen LogP contribution in [0.3, 0.4) is 0 Å². The molecule has 0 heterocycles. The Bertz CT molecular complexity index is 1260. The number of quaternary nitrogens is 1. The van der Waals surface area contributed by atoms with Gasteiger partial charge in [-0.25, -0.2) is 0 Å². The minimum atomic E-state index is -4.59. The van der Waals surface area contributed by atoms with Gasteiger partial charge in [-0.3, -0.25) is 9.36 Å². The number of hydrogen-bond donors (Lipinski definition) is 2. The highest BCUT2D eigenvalue weighted by molar-refractivity contribution is 7.45. The van der Waals surface area contributed by atoms with Crippen LogP contribution in [0.2, 0.25) is 0 Å².